The van der Waals surface area contributed by atoms with E-state index in [-0.39, 0.29) is 11.9 Å². The lowest BCUT2D eigenvalue weighted by Crippen LogP contribution is -2.48. The first kappa shape index (κ1) is 15.3. The first-order valence-electron chi connectivity index (χ1n) is 8.95. The lowest BCUT2D eigenvalue weighted by molar-refractivity contribution is -0.150. The summed E-state index contributed by atoms with van der Waals surface area (Å²) >= 11 is 0. The zero-order chi connectivity index (χ0) is 17.2. The van der Waals surface area contributed by atoms with Crippen LogP contribution in [0.25, 0.3) is 0 Å². The minimum Gasteiger partial charge on any atom is -0.449 e. The van der Waals surface area contributed by atoms with Gasteiger partial charge in [-0.1, -0.05) is 30.7 Å². The number of hydrogen-bond acceptors (Lipinski definition) is 4. The van der Waals surface area contributed by atoms with Crippen molar-refractivity contribution in [2.75, 3.05) is 6.54 Å². The highest BCUT2D eigenvalue weighted by molar-refractivity contribution is 5.96. The number of halogens is 1. The van der Waals surface area contributed by atoms with Gasteiger partial charge in [-0.2, -0.15) is 0 Å². The van der Waals surface area contributed by atoms with E-state index in [0.29, 0.717) is 17.2 Å². The topological polar surface area (TPSA) is 49.8 Å². The number of aliphatic hydroxyl groups excluding tert-OH is 1. The van der Waals surface area contributed by atoms with Crippen LogP contribution >= 0.6 is 0 Å². The summed E-state index contributed by atoms with van der Waals surface area (Å²) in [5, 5.41) is 10.8. The van der Waals surface area contributed by atoms with Gasteiger partial charge < -0.3 is 9.84 Å². The number of piperidine rings is 1. The molecule has 2 bridgehead atoms. The lowest BCUT2D eigenvalue weighted by Gasteiger charge is -2.37. The van der Waals surface area contributed by atoms with Crippen molar-refractivity contribution < 1.29 is 19.0 Å². The zero-order valence-electron chi connectivity index (χ0n) is 13.8. The molecule has 4 aliphatic rings. The van der Waals surface area contributed by atoms with Crippen molar-refractivity contribution in [3.63, 3.8) is 0 Å². The van der Waals surface area contributed by atoms with Gasteiger partial charge in [0, 0.05) is 18.0 Å². The smallest absolute Gasteiger partial charge is 0.338 e. The van der Waals surface area contributed by atoms with Crippen molar-refractivity contribution in [2.45, 2.75) is 49.5 Å². The number of ether oxygens (including phenoxy) is 1. The fourth-order valence-electron chi connectivity index (χ4n) is 5.12. The fourth-order valence-corrected chi connectivity index (χ4v) is 5.12. The van der Waals surface area contributed by atoms with Crippen molar-refractivity contribution in [1.82, 2.24) is 4.90 Å². The number of rotatable bonds is 2. The number of hydrogen-bond donors (Lipinski definition) is 1. The van der Waals surface area contributed by atoms with E-state index in [2.05, 4.69) is 11.0 Å². The average molecular weight is 341 g/mol. The minimum atomic E-state index is -1.10. The normalized spacial score (nSPS) is 34.7. The summed E-state index contributed by atoms with van der Waals surface area (Å²) in [4.78, 5) is 15.2. The number of nitrogens with zero attached hydrogens (tertiary/aromatic N) is 1. The Labute approximate surface area is 145 Å². The quantitative estimate of drug-likeness (QED) is 0.840. The molecule has 130 valence electrons. The molecule has 3 heterocycles. The number of carbonyl (C=O) groups is 1. The molecular weight excluding hydrogens is 321 g/mol. The molecule has 2 saturated heterocycles. The van der Waals surface area contributed by atoms with Gasteiger partial charge in [0.05, 0.1) is 11.6 Å². The monoisotopic (exact) mass is 341 g/mol. The summed E-state index contributed by atoms with van der Waals surface area (Å²) in [6, 6.07) is 6.13. The van der Waals surface area contributed by atoms with E-state index in [4.69, 9.17) is 4.74 Å². The first-order valence-corrected chi connectivity index (χ1v) is 8.95. The predicted molar refractivity (Wildman–Crippen MR) is 89.1 cm³/mol. The van der Waals surface area contributed by atoms with Crippen LogP contribution in [0.2, 0.25) is 0 Å². The van der Waals surface area contributed by atoms with Crippen LogP contribution in [-0.4, -0.2) is 40.2 Å². The third kappa shape index (κ3) is 2.02. The van der Waals surface area contributed by atoms with Crippen LogP contribution in [0.5, 0.6) is 0 Å². The summed E-state index contributed by atoms with van der Waals surface area (Å²) in [6.45, 7) is 1.03. The molecule has 0 radical (unpaired) electrons. The van der Waals surface area contributed by atoms with E-state index in [1.54, 1.807) is 0 Å². The summed E-state index contributed by atoms with van der Waals surface area (Å²) in [5.41, 5.74) is 1.02. The second-order valence-corrected chi connectivity index (χ2v) is 7.44. The van der Waals surface area contributed by atoms with Gasteiger partial charge in [-0.25, -0.2) is 9.18 Å². The van der Waals surface area contributed by atoms with E-state index < -0.39 is 17.7 Å². The number of fused-ring (bicyclic) bond motifs is 3. The number of benzene rings is 1. The van der Waals surface area contributed by atoms with Gasteiger partial charge in [-0.05, 0) is 37.1 Å². The Balaban J connectivity index is 1.60. The van der Waals surface area contributed by atoms with Crippen LogP contribution in [0.1, 0.15) is 37.4 Å². The molecule has 1 N–H and O–H groups in total. The Hall–Kier alpha value is -1.98. The van der Waals surface area contributed by atoms with E-state index in [9.17, 15) is 14.3 Å². The van der Waals surface area contributed by atoms with Crippen molar-refractivity contribution in [1.29, 1.82) is 0 Å². The molecule has 4 nitrogen and oxygen atoms in total. The van der Waals surface area contributed by atoms with E-state index >= 15 is 0 Å². The van der Waals surface area contributed by atoms with Crippen LogP contribution in [0.15, 0.2) is 47.6 Å². The second kappa shape index (κ2) is 5.26. The van der Waals surface area contributed by atoms with Crippen LogP contribution in [0, 0.1) is 5.82 Å². The second-order valence-electron chi connectivity index (χ2n) is 7.44. The minimum absolute atomic E-state index is 0.193. The van der Waals surface area contributed by atoms with Crippen LogP contribution in [-0.2, 0) is 9.53 Å². The molecular formula is C20H20FNO3. The maximum absolute atomic E-state index is 13.2. The van der Waals surface area contributed by atoms with Gasteiger partial charge in [0.15, 0.2) is 5.60 Å². The molecule has 4 atom stereocenters. The third-order valence-corrected chi connectivity index (χ3v) is 6.21. The molecule has 0 amide bonds. The van der Waals surface area contributed by atoms with Crippen molar-refractivity contribution in [3.05, 3.63) is 58.9 Å². The van der Waals surface area contributed by atoms with Gasteiger partial charge in [-0.3, -0.25) is 4.90 Å². The Kier molecular flexibility index (Phi) is 3.21. The Morgan fingerprint density at radius 3 is 2.88 bits per heavy atom. The van der Waals surface area contributed by atoms with Crippen LogP contribution < -0.4 is 0 Å². The van der Waals surface area contributed by atoms with Gasteiger partial charge in [-0.15, -0.1) is 0 Å². The molecule has 5 heteroatoms. The Bertz CT molecular complexity index is 800. The Morgan fingerprint density at radius 2 is 2.08 bits per heavy atom. The van der Waals surface area contributed by atoms with E-state index in [0.717, 1.165) is 31.4 Å². The summed E-state index contributed by atoms with van der Waals surface area (Å²) < 4.78 is 19.1. The zero-order valence-corrected chi connectivity index (χ0v) is 13.8. The standard InChI is InChI=1S/C20H20FNO3/c21-13-6-4-12(5-7-13)18(23)17-15-9-8-14-11-20(15,25-19(17)24)16-3-1-2-10-22(14)16/h4-9,14,16,18,23H,1-3,10-11H2/t14-,16+,18?,20+/m1/s1. The molecule has 3 aliphatic heterocycles. The van der Waals surface area contributed by atoms with Gasteiger partial charge >= 0.3 is 5.97 Å². The molecule has 1 aromatic carbocycles. The van der Waals surface area contributed by atoms with Gasteiger partial charge in [0.1, 0.15) is 11.9 Å². The number of carbonyl (C=O) groups excluding carboxylic acids is 1. The van der Waals surface area contributed by atoms with Crippen LogP contribution in [0.3, 0.4) is 0 Å². The summed E-state index contributed by atoms with van der Waals surface area (Å²) in [6.07, 6.45) is 7.11. The van der Waals surface area contributed by atoms with Crippen molar-refractivity contribution in [2.24, 2.45) is 0 Å². The van der Waals surface area contributed by atoms with Crippen LogP contribution in [0.4, 0.5) is 4.39 Å². The molecule has 1 aromatic rings. The highest BCUT2D eigenvalue weighted by Gasteiger charge is 2.62. The molecule has 1 unspecified atom stereocenters. The maximum atomic E-state index is 13.2. The SMILES string of the molecule is O=C1O[C@@]23C[C@@H](C=CC2=C1C(O)c1ccc(F)cc1)N1CCCC[C@H]13. The highest BCUT2D eigenvalue weighted by Crippen LogP contribution is 2.54. The van der Waals surface area contributed by atoms with Gasteiger partial charge in [0.2, 0.25) is 0 Å². The molecule has 1 spiro atoms. The third-order valence-electron chi connectivity index (χ3n) is 6.21. The summed E-state index contributed by atoms with van der Waals surface area (Å²) in [7, 11) is 0. The molecule has 0 saturated carbocycles. The fraction of sp³-hybridized carbons (Fsp3) is 0.450. The first-order chi connectivity index (χ1) is 12.1. The molecule has 25 heavy (non-hydrogen) atoms. The molecule has 0 aromatic heterocycles. The average Bonchev–Trinajstić information content (AvgIpc) is 3.06. The maximum Gasteiger partial charge on any atom is 0.338 e. The predicted octanol–water partition coefficient (Wildman–Crippen LogP) is 2.65. The van der Waals surface area contributed by atoms with E-state index in [1.165, 1.54) is 30.7 Å². The Morgan fingerprint density at radius 1 is 1.28 bits per heavy atom. The highest BCUT2D eigenvalue weighted by atomic mass is 19.1. The molecule has 5 rings (SSSR count). The summed E-state index contributed by atoms with van der Waals surface area (Å²) in [5.74, 6) is -0.808. The largest absolute Gasteiger partial charge is 0.449 e. The van der Waals surface area contributed by atoms with E-state index in [1.807, 2.05) is 6.08 Å². The van der Waals surface area contributed by atoms with Crippen molar-refractivity contribution >= 4 is 5.97 Å². The molecule has 1 aliphatic carbocycles. The van der Waals surface area contributed by atoms with Gasteiger partial charge in [0.25, 0.3) is 0 Å². The lowest BCUT2D eigenvalue weighted by atomic mass is 9.78. The number of esters is 1. The van der Waals surface area contributed by atoms with Crippen molar-refractivity contribution in [3.8, 4) is 0 Å². The molecule has 2 fully saturated rings. The number of aliphatic hydroxyl groups is 1.